The molecule has 32 heavy (non-hydrogen) atoms. The van der Waals surface area contributed by atoms with Crippen LogP contribution in [0.25, 0.3) is 5.57 Å². The first-order valence-electron chi connectivity index (χ1n) is 11.0. The lowest BCUT2D eigenvalue weighted by Crippen LogP contribution is -2.22. The van der Waals surface area contributed by atoms with Crippen molar-refractivity contribution in [3.63, 3.8) is 0 Å². The Balaban J connectivity index is 0.000000628. The number of allylic oxidation sites excluding steroid dienone is 4. The smallest absolute Gasteiger partial charge is 0.293 e. The fraction of sp³-hybridized carbons (Fsp3) is 0.385. The molecule has 0 atom stereocenters. The topological polar surface area (TPSA) is 99.0 Å². The second kappa shape index (κ2) is 12.5. The van der Waals surface area contributed by atoms with E-state index in [4.69, 9.17) is 11.5 Å². The third-order valence-corrected chi connectivity index (χ3v) is 5.08. The molecule has 6 nitrogen and oxygen atoms in total. The molecular weight excluding hydrogens is 398 g/mol. The SMILES string of the molecule is C=C(/C(C)=C(\C)N)c1cn(C)c(=O)c(Nc2ccc(CC)c(N)c2)n1.C=CC.CC1CC1. The van der Waals surface area contributed by atoms with Crippen LogP contribution in [0.4, 0.5) is 17.2 Å². The number of nitrogen functional groups attached to an aromatic ring is 1. The largest absolute Gasteiger partial charge is 0.402 e. The lowest BCUT2D eigenvalue weighted by molar-refractivity contribution is 0.840. The van der Waals surface area contributed by atoms with Crippen molar-refractivity contribution in [2.75, 3.05) is 11.1 Å². The molecule has 1 heterocycles. The molecular formula is C26H39N5O. The Hall–Kier alpha value is -3.28. The summed E-state index contributed by atoms with van der Waals surface area (Å²) in [6, 6.07) is 5.62. The predicted molar refractivity (Wildman–Crippen MR) is 139 cm³/mol. The number of benzene rings is 1. The van der Waals surface area contributed by atoms with E-state index in [0.29, 0.717) is 28.3 Å². The van der Waals surface area contributed by atoms with Crippen molar-refractivity contribution in [2.45, 2.75) is 53.9 Å². The van der Waals surface area contributed by atoms with E-state index in [-0.39, 0.29) is 11.4 Å². The maximum atomic E-state index is 12.4. The van der Waals surface area contributed by atoms with Crippen LogP contribution in [0.15, 0.2) is 59.7 Å². The molecule has 1 aliphatic rings. The highest BCUT2D eigenvalue weighted by Crippen LogP contribution is 2.26. The molecule has 0 amide bonds. The third-order valence-electron chi connectivity index (χ3n) is 5.08. The minimum atomic E-state index is -0.235. The molecule has 6 heteroatoms. The van der Waals surface area contributed by atoms with E-state index in [1.165, 1.54) is 17.4 Å². The first-order valence-corrected chi connectivity index (χ1v) is 11.0. The van der Waals surface area contributed by atoms with Gasteiger partial charge in [-0.25, -0.2) is 4.98 Å². The van der Waals surface area contributed by atoms with Gasteiger partial charge >= 0.3 is 0 Å². The van der Waals surface area contributed by atoms with Gasteiger partial charge in [0.25, 0.3) is 5.56 Å². The minimum Gasteiger partial charge on any atom is -0.402 e. The molecule has 174 valence electrons. The predicted octanol–water partition coefficient (Wildman–Crippen LogP) is 5.54. The van der Waals surface area contributed by atoms with Crippen LogP contribution >= 0.6 is 0 Å². The maximum Gasteiger partial charge on any atom is 0.293 e. The standard InChI is InChI=1S/C19H25N5O.C4H8.C3H6/c1-6-14-7-8-15(9-16(14)21)22-18-19(25)24(5)10-17(23-18)12(3)11(2)13(4)20;1-4-2-3-4;1-3-2/h7-10H,3,6,20-21H2,1-2,4-5H3,(H,22,23);4H,2-3H2,1H3;3H,1H2,2H3/b13-11+;;. The molecule has 1 aromatic carbocycles. The molecule has 0 unspecified atom stereocenters. The molecule has 2 aromatic rings. The van der Waals surface area contributed by atoms with Gasteiger partial charge in [-0.05, 0) is 62.0 Å². The van der Waals surface area contributed by atoms with Crippen molar-refractivity contribution in [2.24, 2.45) is 18.7 Å². The lowest BCUT2D eigenvalue weighted by Gasteiger charge is -2.13. The maximum absolute atomic E-state index is 12.4. The Bertz CT molecular complexity index is 1020. The summed E-state index contributed by atoms with van der Waals surface area (Å²) >= 11 is 0. The van der Waals surface area contributed by atoms with Crippen molar-refractivity contribution in [3.8, 4) is 0 Å². The normalized spacial score (nSPS) is 12.9. The minimum absolute atomic E-state index is 0.215. The van der Waals surface area contributed by atoms with Crippen LogP contribution in [-0.2, 0) is 13.5 Å². The van der Waals surface area contributed by atoms with Gasteiger partial charge in [-0.1, -0.05) is 45.4 Å². The highest BCUT2D eigenvalue weighted by molar-refractivity contribution is 5.75. The zero-order chi connectivity index (χ0) is 24.4. The average Bonchev–Trinajstić information content (AvgIpc) is 3.53. The number of aromatic nitrogens is 2. The van der Waals surface area contributed by atoms with Gasteiger partial charge in [0.15, 0.2) is 5.82 Å². The number of hydrogen-bond donors (Lipinski definition) is 3. The van der Waals surface area contributed by atoms with Crippen LogP contribution in [0.2, 0.25) is 0 Å². The molecule has 0 spiro atoms. The molecule has 0 saturated heterocycles. The number of nitrogens with zero attached hydrogens (tertiary/aromatic N) is 2. The van der Waals surface area contributed by atoms with E-state index >= 15 is 0 Å². The molecule has 0 bridgehead atoms. The first-order chi connectivity index (χ1) is 15.0. The van der Waals surface area contributed by atoms with Crippen molar-refractivity contribution in [1.82, 2.24) is 9.55 Å². The second-order valence-corrected chi connectivity index (χ2v) is 8.16. The van der Waals surface area contributed by atoms with E-state index in [0.717, 1.165) is 23.5 Å². The number of nitrogens with two attached hydrogens (primary N) is 2. The van der Waals surface area contributed by atoms with Crippen LogP contribution in [0, 0.1) is 5.92 Å². The number of anilines is 3. The summed E-state index contributed by atoms with van der Waals surface area (Å²) in [5.74, 6) is 1.30. The summed E-state index contributed by atoms with van der Waals surface area (Å²) in [4.78, 5) is 16.8. The monoisotopic (exact) mass is 437 g/mol. The number of nitrogens with one attached hydrogen (secondary N) is 1. The van der Waals surface area contributed by atoms with Crippen molar-refractivity contribution < 1.29 is 0 Å². The third kappa shape index (κ3) is 8.10. The summed E-state index contributed by atoms with van der Waals surface area (Å²) in [6.45, 7) is 17.3. The van der Waals surface area contributed by atoms with Gasteiger partial charge in [0, 0.05) is 30.3 Å². The second-order valence-electron chi connectivity index (χ2n) is 8.16. The summed E-state index contributed by atoms with van der Waals surface area (Å²) in [7, 11) is 1.68. The van der Waals surface area contributed by atoms with E-state index in [1.807, 2.05) is 32.9 Å². The van der Waals surface area contributed by atoms with Gasteiger partial charge < -0.3 is 21.4 Å². The van der Waals surface area contributed by atoms with E-state index in [2.05, 4.69) is 30.4 Å². The highest BCUT2D eigenvalue weighted by atomic mass is 16.1. The Morgan fingerprint density at radius 3 is 2.34 bits per heavy atom. The molecule has 1 aliphatic carbocycles. The van der Waals surface area contributed by atoms with Crippen molar-refractivity contribution in [1.29, 1.82) is 0 Å². The summed E-state index contributed by atoms with van der Waals surface area (Å²) in [6.07, 6.45) is 7.22. The first kappa shape index (κ1) is 26.8. The molecule has 1 aromatic heterocycles. The highest BCUT2D eigenvalue weighted by Gasteiger charge is 2.13. The Morgan fingerprint density at radius 1 is 1.34 bits per heavy atom. The number of aryl methyl sites for hydroxylation is 2. The fourth-order valence-electron chi connectivity index (χ4n) is 2.56. The van der Waals surface area contributed by atoms with Crippen LogP contribution < -0.4 is 22.3 Å². The molecule has 1 saturated carbocycles. The molecule has 5 N–H and O–H groups in total. The van der Waals surface area contributed by atoms with Gasteiger partial charge in [0.2, 0.25) is 0 Å². The van der Waals surface area contributed by atoms with Gasteiger partial charge in [-0.2, -0.15) is 0 Å². The van der Waals surface area contributed by atoms with Gasteiger partial charge in [0.1, 0.15) is 0 Å². The number of rotatable bonds is 5. The van der Waals surface area contributed by atoms with Crippen LogP contribution in [-0.4, -0.2) is 9.55 Å². The summed E-state index contributed by atoms with van der Waals surface area (Å²) in [5.41, 5.74) is 16.9. The summed E-state index contributed by atoms with van der Waals surface area (Å²) < 4.78 is 1.47. The van der Waals surface area contributed by atoms with Crippen LogP contribution in [0.3, 0.4) is 0 Å². The number of hydrogen-bond acceptors (Lipinski definition) is 5. The van der Waals surface area contributed by atoms with Gasteiger partial charge in [-0.3, -0.25) is 4.79 Å². The zero-order valence-electron chi connectivity index (χ0n) is 20.5. The van der Waals surface area contributed by atoms with Gasteiger partial charge in [0.05, 0.1) is 5.69 Å². The quantitative estimate of drug-likeness (QED) is 0.324. The van der Waals surface area contributed by atoms with Crippen molar-refractivity contribution >= 4 is 22.8 Å². The fourth-order valence-corrected chi connectivity index (χ4v) is 2.56. The Morgan fingerprint density at radius 2 is 1.91 bits per heavy atom. The molecule has 3 rings (SSSR count). The molecule has 1 fully saturated rings. The van der Waals surface area contributed by atoms with E-state index < -0.39 is 0 Å². The van der Waals surface area contributed by atoms with E-state index in [9.17, 15) is 4.79 Å². The van der Waals surface area contributed by atoms with Gasteiger partial charge in [-0.15, -0.1) is 6.58 Å². The zero-order valence-corrected chi connectivity index (χ0v) is 20.5. The lowest BCUT2D eigenvalue weighted by atomic mass is 10.1. The Labute approximate surface area is 192 Å². The van der Waals surface area contributed by atoms with Crippen LogP contribution in [0.1, 0.15) is 58.7 Å². The van der Waals surface area contributed by atoms with Crippen molar-refractivity contribution in [3.05, 3.63) is 76.5 Å². The van der Waals surface area contributed by atoms with Crippen LogP contribution in [0.5, 0.6) is 0 Å². The summed E-state index contributed by atoms with van der Waals surface area (Å²) in [5, 5.41) is 3.06. The van der Waals surface area contributed by atoms with E-state index in [1.54, 1.807) is 32.3 Å². The average molecular weight is 438 g/mol. The molecule has 0 aliphatic heterocycles. The molecule has 0 radical (unpaired) electrons. The Kier molecular flexibility index (Phi) is 10.5.